The Morgan fingerprint density at radius 1 is 1.04 bits per heavy atom. The summed E-state index contributed by atoms with van der Waals surface area (Å²) in [6, 6.07) is 7.21. The average Bonchev–Trinajstić information content (AvgIpc) is 2.94. The summed E-state index contributed by atoms with van der Waals surface area (Å²) in [4.78, 5) is 26.5. The first-order valence-corrected chi connectivity index (χ1v) is 9.03. The highest BCUT2D eigenvalue weighted by atomic mass is 16.5. The van der Waals surface area contributed by atoms with E-state index in [4.69, 9.17) is 4.74 Å². The molecule has 1 unspecified atom stereocenters. The van der Waals surface area contributed by atoms with Gasteiger partial charge in [0.15, 0.2) is 0 Å². The zero-order chi connectivity index (χ0) is 16.8. The van der Waals surface area contributed by atoms with E-state index < -0.39 is 0 Å². The molecule has 1 aromatic rings. The molecule has 0 radical (unpaired) electrons. The Kier molecular flexibility index (Phi) is 5.86. The first-order chi connectivity index (χ1) is 11.7. The Morgan fingerprint density at radius 2 is 1.75 bits per heavy atom. The van der Waals surface area contributed by atoms with Crippen LogP contribution in [0.4, 0.5) is 5.69 Å². The van der Waals surface area contributed by atoms with Crippen molar-refractivity contribution < 1.29 is 14.3 Å². The number of benzene rings is 1. The monoisotopic (exact) mass is 330 g/mol. The molecule has 1 atom stereocenters. The fourth-order valence-electron chi connectivity index (χ4n) is 3.38. The van der Waals surface area contributed by atoms with Gasteiger partial charge in [0, 0.05) is 30.9 Å². The third-order valence-electron chi connectivity index (χ3n) is 4.75. The highest BCUT2D eigenvalue weighted by molar-refractivity contribution is 5.96. The van der Waals surface area contributed by atoms with E-state index in [-0.39, 0.29) is 17.9 Å². The zero-order valence-electron chi connectivity index (χ0n) is 14.1. The summed E-state index contributed by atoms with van der Waals surface area (Å²) >= 11 is 0. The molecular formula is C19H26N2O3. The molecule has 2 heterocycles. The van der Waals surface area contributed by atoms with E-state index in [2.05, 4.69) is 5.32 Å². The number of carbonyl (C=O) groups excluding carboxylic acids is 2. The minimum absolute atomic E-state index is 0.0338. The molecule has 0 aliphatic carbocycles. The largest absolute Gasteiger partial charge is 0.378 e. The summed E-state index contributed by atoms with van der Waals surface area (Å²) in [5.74, 6) is 0.0580. The lowest BCUT2D eigenvalue weighted by Crippen LogP contribution is -2.31. The van der Waals surface area contributed by atoms with Gasteiger partial charge in [-0.15, -0.1) is 0 Å². The maximum Gasteiger partial charge on any atom is 0.253 e. The Hall–Kier alpha value is -1.88. The second-order valence-corrected chi connectivity index (χ2v) is 6.67. The molecule has 2 amide bonds. The number of rotatable bonds is 4. The van der Waals surface area contributed by atoms with Gasteiger partial charge in [0.25, 0.3) is 5.91 Å². The molecular weight excluding hydrogens is 304 g/mol. The Labute approximate surface area is 143 Å². The molecule has 3 rings (SSSR count). The lowest BCUT2D eigenvalue weighted by atomic mass is 10.1. The van der Waals surface area contributed by atoms with Crippen LogP contribution in [0.5, 0.6) is 0 Å². The van der Waals surface area contributed by atoms with Crippen LogP contribution >= 0.6 is 0 Å². The number of hydrogen-bond donors (Lipinski definition) is 1. The van der Waals surface area contributed by atoms with Gasteiger partial charge >= 0.3 is 0 Å². The van der Waals surface area contributed by atoms with Crippen LogP contribution in [0.25, 0.3) is 0 Å². The number of amides is 2. The number of carbonyl (C=O) groups is 2. The van der Waals surface area contributed by atoms with Crippen molar-refractivity contribution in [3.05, 3.63) is 29.8 Å². The lowest BCUT2D eigenvalue weighted by molar-refractivity contribution is -0.118. The summed E-state index contributed by atoms with van der Waals surface area (Å²) < 4.78 is 5.48. The predicted molar refractivity (Wildman–Crippen MR) is 93.0 cm³/mol. The van der Waals surface area contributed by atoms with Gasteiger partial charge in [-0.05, 0) is 49.9 Å². The van der Waals surface area contributed by atoms with Crippen LogP contribution in [0.15, 0.2) is 24.3 Å². The van der Waals surface area contributed by atoms with E-state index in [0.717, 1.165) is 51.1 Å². The second kappa shape index (κ2) is 8.29. The summed E-state index contributed by atoms with van der Waals surface area (Å²) in [5.41, 5.74) is 1.42. The van der Waals surface area contributed by atoms with Crippen molar-refractivity contribution in [1.82, 2.24) is 4.90 Å². The van der Waals surface area contributed by atoms with E-state index in [1.54, 1.807) is 24.3 Å². The molecule has 2 fully saturated rings. The van der Waals surface area contributed by atoms with Crippen molar-refractivity contribution in [2.24, 2.45) is 0 Å². The molecule has 1 aromatic carbocycles. The van der Waals surface area contributed by atoms with Gasteiger partial charge in [-0.2, -0.15) is 0 Å². The Balaban J connectivity index is 1.54. The van der Waals surface area contributed by atoms with E-state index in [9.17, 15) is 9.59 Å². The molecule has 2 aliphatic rings. The SMILES string of the molecule is O=C(CC1CCCO1)Nc1ccc(C(=O)N2CCCCCC2)cc1. The number of nitrogens with one attached hydrogen (secondary N) is 1. The van der Waals surface area contributed by atoms with Crippen molar-refractivity contribution in [2.75, 3.05) is 25.0 Å². The molecule has 5 heteroatoms. The van der Waals surface area contributed by atoms with Gasteiger partial charge in [-0.3, -0.25) is 9.59 Å². The van der Waals surface area contributed by atoms with Crippen LogP contribution in [-0.2, 0) is 9.53 Å². The molecule has 130 valence electrons. The molecule has 0 spiro atoms. The van der Waals surface area contributed by atoms with Gasteiger partial charge in [-0.1, -0.05) is 12.8 Å². The molecule has 2 saturated heterocycles. The van der Waals surface area contributed by atoms with Crippen molar-refractivity contribution >= 4 is 17.5 Å². The number of nitrogens with zero attached hydrogens (tertiary/aromatic N) is 1. The third kappa shape index (κ3) is 4.57. The van der Waals surface area contributed by atoms with E-state index in [1.165, 1.54) is 12.8 Å². The van der Waals surface area contributed by atoms with Crippen molar-refractivity contribution in [3.63, 3.8) is 0 Å². The second-order valence-electron chi connectivity index (χ2n) is 6.67. The standard InChI is InChI=1S/C19H26N2O3/c22-18(14-17-6-5-13-24-17)20-16-9-7-15(8-10-16)19(23)21-11-3-1-2-4-12-21/h7-10,17H,1-6,11-14H2,(H,20,22). The molecule has 0 saturated carbocycles. The van der Waals surface area contributed by atoms with Crippen molar-refractivity contribution in [1.29, 1.82) is 0 Å². The van der Waals surface area contributed by atoms with Crippen LogP contribution in [0.1, 0.15) is 55.3 Å². The molecule has 1 N–H and O–H groups in total. The van der Waals surface area contributed by atoms with Gasteiger partial charge in [0.2, 0.25) is 5.91 Å². The summed E-state index contributed by atoms with van der Waals surface area (Å²) in [6.07, 6.45) is 7.02. The van der Waals surface area contributed by atoms with Gasteiger partial charge in [0.05, 0.1) is 12.5 Å². The molecule has 0 aromatic heterocycles. The van der Waals surface area contributed by atoms with Gasteiger partial charge in [0.1, 0.15) is 0 Å². The number of ether oxygens (including phenoxy) is 1. The normalized spacial score (nSPS) is 21.3. The number of likely N-dealkylation sites (tertiary alicyclic amines) is 1. The topological polar surface area (TPSA) is 58.6 Å². The smallest absolute Gasteiger partial charge is 0.253 e. The first kappa shape index (κ1) is 17.0. The number of hydrogen-bond acceptors (Lipinski definition) is 3. The summed E-state index contributed by atoms with van der Waals surface area (Å²) in [5, 5.41) is 2.88. The van der Waals surface area contributed by atoms with E-state index >= 15 is 0 Å². The van der Waals surface area contributed by atoms with Gasteiger partial charge < -0.3 is 15.0 Å². The molecule has 2 aliphatic heterocycles. The van der Waals surface area contributed by atoms with Crippen LogP contribution in [0.2, 0.25) is 0 Å². The van der Waals surface area contributed by atoms with E-state index in [0.29, 0.717) is 12.0 Å². The Morgan fingerprint density at radius 3 is 2.38 bits per heavy atom. The highest BCUT2D eigenvalue weighted by Crippen LogP contribution is 2.18. The van der Waals surface area contributed by atoms with Crippen LogP contribution in [-0.4, -0.2) is 42.5 Å². The average molecular weight is 330 g/mol. The number of anilines is 1. The Bertz CT molecular complexity index is 556. The van der Waals surface area contributed by atoms with Crippen molar-refractivity contribution in [2.45, 2.75) is 51.0 Å². The predicted octanol–water partition coefficient (Wildman–Crippen LogP) is 3.21. The minimum atomic E-state index is -0.0338. The first-order valence-electron chi connectivity index (χ1n) is 9.03. The quantitative estimate of drug-likeness (QED) is 0.922. The minimum Gasteiger partial charge on any atom is -0.378 e. The molecule has 24 heavy (non-hydrogen) atoms. The molecule has 0 bridgehead atoms. The zero-order valence-corrected chi connectivity index (χ0v) is 14.1. The van der Waals surface area contributed by atoms with Gasteiger partial charge in [-0.25, -0.2) is 0 Å². The fourth-order valence-corrected chi connectivity index (χ4v) is 3.38. The highest BCUT2D eigenvalue weighted by Gasteiger charge is 2.20. The van der Waals surface area contributed by atoms with Crippen LogP contribution < -0.4 is 5.32 Å². The molecule has 5 nitrogen and oxygen atoms in total. The van der Waals surface area contributed by atoms with Crippen LogP contribution in [0.3, 0.4) is 0 Å². The summed E-state index contributed by atoms with van der Waals surface area (Å²) in [6.45, 7) is 2.45. The lowest BCUT2D eigenvalue weighted by Gasteiger charge is -2.20. The van der Waals surface area contributed by atoms with E-state index in [1.807, 2.05) is 4.90 Å². The van der Waals surface area contributed by atoms with Crippen LogP contribution in [0, 0.1) is 0 Å². The van der Waals surface area contributed by atoms with Crippen molar-refractivity contribution in [3.8, 4) is 0 Å². The maximum atomic E-state index is 12.5. The maximum absolute atomic E-state index is 12.5. The fraction of sp³-hybridized carbons (Fsp3) is 0.579. The third-order valence-corrected chi connectivity index (χ3v) is 4.75. The summed E-state index contributed by atoms with van der Waals surface area (Å²) in [7, 11) is 0.